The molecule has 8 nitrogen and oxygen atoms in total. The van der Waals surface area contributed by atoms with Crippen molar-refractivity contribution in [1.29, 1.82) is 0 Å². The zero-order chi connectivity index (χ0) is 24.5. The number of anilines is 1. The summed E-state index contributed by atoms with van der Waals surface area (Å²) in [5.41, 5.74) is 3.87. The summed E-state index contributed by atoms with van der Waals surface area (Å²) in [5, 5.41) is 14.1. The van der Waals surface area contributed by atoms with Gasteiger partial charge in [0.1, 0.15) is 6.04 Å². The highest BCUT2D eigenvalue weighted by atomic mass is 16.1. The second-order valence-corrected chi connectivity index (χ2v) is 10.2. The van der Waals surface area contributed by atoms with Crippen LogP contribution in [0.25, 0.3) is 10.9 Å². The average Bonchev–Trinajstić information content (AvgIpc) is 3.40. The Morgan fingerprint density at radius 2 is 1.72 bits per heavy atom. The van der Waals surface area contributed by atoms with E-state index < -0.39 is 0 Å². The van der Waals surface area contributed by atoms with Gasteiger partial charge >= 0.3 is 0 Å². The van der Waals surface area contributed by atoms with Gasteiger partial charge < -0.3 is 9.88 Å². The van der Waals surface area contributed by atoms with Gasteiger partial charge in [0, 0.05) is 42.9 Å². The maximum absolute atomic E-state index is 13.5. The average molecular weight is 484 g/mol. The fourth-order valence-corrected chi connectivity index (χ4v) is 5.88. The molecule has 0 spiro atoms. The summed E-state index contributed by atoms with van der Waals surface area (Å²) < 4.78 is 2.02. The van der Waals surface area contributed by atoms with Crippen LogP contribution in [0.1, 0.15) is 61.1 Å². The molecule has 2 aromatic heterocycles. The van der Waals surface area contributed by atoms with Crippen molar-refractivity contribution >= 4 is 16.6 Å². The van der Waals surface area contributed by atoms with Gasteiger partial charge in [-0.3, -0.25) is 9.69 Å². The number of rotatable bonds is 5. The molecule has 2 aliphatic rings. The molecule has 4 aromatic rings. The Hall–Kier alpha value is -3.52. The first-order valence-corrected chi connectivity index (χ1v) is 13.1. The van der Waals surface area contributed by atoms with E-state index in [1.807, 2.05) is 29.8 Å². The fourth-order valence-electron chi connectivity index (χ4n) is 5.88. The molecule has 6 rings (SSSR count). The van der Waals surface area contributed by atoms with Gasteiger partial charge in [-0.1, -0.05) is 49.6 Å². The number of benzene rings is 2. The molecule has 0 amide bonds. The lowest BCUT2D eigenvalue weighted by Gasteiger charge is -2.40. The van der Waals surface area contributed by atoms with E-state index in [4.69, 9.17) is 0 Å². The number of tetrazole rings is 1. The van der Waals surface area contributed by atoms with Gasteiger partial charge in [0.15, 0.2) is 5.82 Å². The number of aromatic nitrogens is 5. The molecule has 0 bridgehead atoms. The third-order valence-electron chi connectivity index (χ3n) is 7.81. The lowest BCUT2D eigenvalue weighted by atomic mass is 9.95. The van der Waals surface area contributed by atoms with E-state index in [9.17, 15) is 4.79 Å². The monoisotopic (exact) mass is 483 g/mol. The van der Waals surface area contributed by atoms with Crippen LogP contribution in [0, 0.1) is 6.92 Å². The molecule has 2 fully saturated rings. The Kier molecular flexibility index (Phi) is 6.27. The van der Waals surface area contributed by atoms with Crippen molar-refractivity contribution in [2.45, 2.75) is 51.1 Å². The quantitative estimate of drug-likeness (QED) is 0.457. The summed E-state index contributed by atoms with van der Waals surface area (Å²) in [6.45, 7) is 5.45. The molecule has 1 unspecified atom stereocenters. The number of pyridine rings is 1. The number of H-pyrrole nitrogens is 1. The summed E-state index contributed by atoms with van der Waals surface area (Å²) >= 11 is 0. The van der Waals surface area contributed by atoms with E-state index in [0.29, 0.717) is 11.6 Å². The molecule has 3 heterocycles. The minimum absolute atomic E-state index is 0.0678. The second-order valence-electron chi connectivity index (χ2n) is 10.2. The lowest BCUT2D eigenvalue weighted by Crippen LogP contribution is -2.49. The zero-order valence-corrected chi connectivity index (χ0v) is 20.8. The third-order valence-corrected chi connectivity index (χ3v) is 7.81. The molecular weight excluding hydrogens is 450 g/mol. The molecule has 2 aromatic carbocycles. The number of hydrogen-bond donors (Lipinski definition) is 1. The zero-order valence-electron chi connectivity index (χ0n) is 20.8. The number of fused-ring (bicyclic) bond motifs is 1. The Labute approximate surface area is 210 Å². The smallest absolute Gasteiger partial charge is 0.253 e. The summed E-state index contributed by atoms with van der Waals surface area (Å²) in [6.07, 6.45) is 5.82. The predicted molar refractivity (Wildman–Crippen MR) is 141 cm³/mol. The van der Waals surface area contributed by atoms with E-state index in [1.54, 1.807) is 0 Å². The molecule has 1 saturated heterocycles. The molecule has 1 saturated carbocycles. The highest BCUT2D eigenvalue weighted by Crippen LogP contribution is 2.33. The highest BCUT2D eigenvalue weighted by molar-refractivity contribution is 5.79. The van der Waals surface area contributed by atoms with Crippen LogP contribution >= 0.6 is 0 Å². The molecule has 1 atom stereocenters. The maximum Gasteiger partial charge on any atom is 0.253 e. The van der Waals surface area contributed by atoms with Crippen molar-refractivity contribution in [3.8, 4) is 0 Å². The first-order chi connectivity index (χ1) is 17.7. The van der Waals surface area contributed by atoms with Crippen molar-refractivity contribution in [3.05, 3.63) is 81.9 Å². The third kappa shape index (κ3) is 4.41. The molecule has 8 heteroatoms. The predicted octanol–water partition coefficient (Wildman–Crippen LogP) is 4.24. The van der Waals surface area contributed by atoms with Gasteiger partial charge in [-0.05, 0) is 65.4 Å². The summed E-state index contributed by atoms with van der Waals surface area (Å²) in [5.74, 6) is 0.784. The minimum Gasteiger partial charge on any atom is -0.369 e. The Morgan fingerprint density at radius 1 is 0.944 bits per heavy atom. The normalized spacial score (nSPS) is 18.5. The summed E-state index contributed by atoms with van der Waals surface area (Å²) in [7, 11) is 0. The number of nitrogens with zero attached hydrogens (tertiary/aromatic N) is 6. The van der Waals surface area contributed by atoms with Gasteiger partial charge in [0.25, 0.3) is 5.56 Å². The number of hydrogen-bond acceptors (Lipinski definition) is 6. The maximum atomic E-state index is 13.5. The van der Waals surface area contributed by atoms with Gasteiger partial charge in [-0.2, -0.15) is 0 Å². The Bertz CT molecular complexity index is 1380. The van der Waals surface area contributed by atoms with Crippen LogP contribution in [-0.2, 0) is 0 Å². The molecule has 1 N–H and O–H groups in total. The van der Waals surface area contributed by atoms with Crippen molar-refractivity contribution in [3.63, 3.8) is 0 Å². The number of aryl methyl sites for hydroxylation is 1. The van der Waals surface area contributed by atoms with Crippen LogP contribution in [0.3, 0.4) is 0 Å². The van der Waals surface area contributed by atoms with Crippen LogP contribution < -0.4 is 10.5 Å². The van der Waals surface area contributed by atoms with Crippen LogP contribution in [0.4, 0.5) is 5.69 Å². The topological polar surface area (TPSA) is 82.9 Å². The molecule has 1 aliphatic carbocycles. The minimum atomic E-state index is -0.297. The first-order valence-electron chi connectivity index (χ1n) is 13.1. The van der Waals surface area contributed by atoms with E-state index in [-0.39, 0.29) is 11.6 Å². The summed E-state index contributed by atoms with van der Waals surface area (Å²) in [6, 6.07) is 18.8. The van der Waals surface area contributed by atoms with Crippen molar-refractivity contribution in [2.24, 2.45) is 0 Å². The van der Waals surface area contributed by atoms with Crippen LogP contribution in [-0.4, -0.2) is 56.3 Å². The molecule has 36 heavy (non-hydrogen) atoms. The Balaban J connectivity index is 1.39. The number of para-hydroxylation sites is 1. The van der Waals surface area contributed by atoms with E-state index in [1.165, 1.54) is 24.9 Å². The molecule has 0 radical (unpaired) electrons. The Morgan fingerprint density at radius 3 is 2.50 bits per heavy atom. The lowest BCUT2D eigenvalue weighted by molar-refractivity contribution is 0.192. The van der Waals surface area contributed by atoms with Gasteiger partial charge in [0.2, 0.25) is 0 Å². The fraction of sp³-hybridized carbons (Fsp3) is 0.429. The van der Waals surface area contributed by atoms with E-state index >= 15 is 0 Å². The van der Waals surface area contributed by atoms with E-state index in [0.717, 1.165) is 61.3 Å². The standard InChI is InChI=1S/C28H33N7O/c1-20-12-13-21-19-24(28(36)29-25(21)18-20)26(27-30-31-32-35(27)23-10-6-3-7-11-23)34-16-14-33(15-17-34)22-8-4-2-5-9-22/h2,4-5,8-9,12-13,18-19,23,26H,3,6-7,10-11,14-17H2,1H3,(H,29,36). The first kappa shape index (κ1) is 22.9. The van der Waals surface area contributed by atoms with Crippen molar-refractivity contribution < 1.29 is 0 Å². The summed E-state index contributed by atoms with van der Waals surface area (Å²) in [4.78, 5) is 21.5. The second kappa shape index (κ2) is 9.85. The molecule has 1 aliphatic heterocycles. The van der Waals surface area contributed by atoms with Gasteiger partial charge in [-0.25, -0.2) is 4.68 Å². The number of aromatic amines is 1. The van der Waals surface area contributed by atoms with E-state index in [2.05, 4.69) is 66.7 Å². The van der Waals surface area contributed by atoms with Gasteiger partial charge in [-0.15, -0.1) is 5.10 Å². The molecule has 186 valence electrons. The number of piperazine rings is 1. The number of nitrogens with one attached hydrogen (secondary N) is 1. The van der Waals surface area contributed by atoms with Crippen molar-refractivity contribution in [1.82, 2.24) is 30.1 Å². The van der Waals surface area contributed by atoms with Gasteiger partial charge in [0.05, 0.1) is 6.04 Å². The SMILES string of the molecule is Cc1ccc2cc(C(c3nnnn3C3CCCCC3)N3CCN(c4ccccc4)CC3)c(=O)[nH]c2c1. The van der Waals surface area contributed by atoms with Crippen LogP contribution in [0.15, 0.2) is 59.4 Å². The molecular formula is C28H33N7O. The largest absolute Gasteiger partial charge is 0.369 e. The van der Waals surface area contributed by atoms with Crippen LogP contribution in [0.2, 0.25) is 0 Å². The van der Waals surface area contributed by atoms with Crippen LogP contribution in [0.5, 0.6) is 0 Å². The highest BCUT2D eigenvalue weighted by Gasteiger charge is 2.34. The van der Waals surface area contributed by atoms with Crippen molar-refractivity contribution in [2.75, 3.05) is 31.1 Å².